The number of rotatable bonds is 3. The van der Waals surface area contributed by atoms with Crippen LogP contribution in [0.15, 0.2) is 30.3 Å². The van der Waals surface area contributed by atoms with E-state index >= 15 is 0 Å². The molecule has 0 saturated heterocycles. The fourth-order valence-electron chi connectivity index (χ4n) is 2.58. The maximum Gasteiger partial charge on any atom is 0.342 e. The number of carbonyl (C=O) groups is 1. The number of benzene rings is 1. The minimum Gasteiger partial charge on any atom is -0.465 e. The third-order valence-electron chi connectivity index (χ3n) is 3.88. The van der Waals surface area contributed by atoms with Crippen molar-refractivity contribution in [2.24, 2.45) is 0 Å². The van der Waals surface area contributed by atoms with E-state index in [0.717, 1.165) is 10.0 Å². The van der Waals surface area contributed by atoms with Crippen LogP contribution in [0.1, 0.15) is 33.3 Å². The minimum atomic E-state index is -0.510. The minimum absolute atomic E-state index is 0.143. The molecule has 0 amide bonds. The predicted octanol–water partition coefficient (Wildman–Crippen LogP) is 4.32. The molecule has 0 atom stereocenters. The fourth-order valence-corrected chi connectivity index (χ4v) is 3.90. The Morgan fingerprint density at radius 2 is 1.96 bits per heavy atom. The Kier molecular flexibility index (Phi) is 4.83. The number of halogens is 2. The van der Waals surface area contributed by atoms with Crippen LogP contribution in [0, 0.1) is 20.8 Å². The SMILES string of the molecule is Cc1oc(C)c(C(=O)OCc2nc3c(Br)cc(Br)cc3c(=O)[nH]2)c1C. The standard InChI is InChI=1S/C17H14Br2N2O4/c1-7-8(2)25-9(3)14(7)17(23)24-6-13-20-15-11(16(22)21-13)4-10(18)5-12(15)19/h4-5H,6H2,1-3H3,(H,20,21,22). The molecule has 0 aliphatic carbocycles. The van der Waals surface area contributed by atoms with Crippen LogP contribution in [-0.2, 0) is 11.3 Å². The van der Waals surface area contributed by atoms with Gasteiger partial charge in [-0.2, -0.15) is 0 Å². The van der Waals surface area contributed by atoms with E-state index in [1.165, 1.54) is 0 Å². The topological polar surface area (TPSA) is 85.2 Å². The first-order valence-corrected chi connectivity index (χ1v) is 8.98. The number of esters is 1. The first-order valence-electron chi connectivity index (χ1n) is 7.39. The number of fused-ring (bicyclic) bond motifs is 1. The van der Waals surface area contributed by atoms with Crippen molar-refractivity contribution in [1.82, 2.24) is 9.97 Å². The highest BCUT2D eigenvalue weighted by molar-refractivity contribution is 9.11. The van der Waals surface area contributed by atoms with Gasteiger partial charge in [-0.15, -0.1) is 0 Å². The Morgan fingerprint density at radius 1 is 1.24 bits per heavy atom. The smallest absolute Gasteiger partial charge is 0.342 e. The number of carbonyl (C=O) groups excluding carboxylic acids is 1. The molecule has 0 aliphatic rings. The van der Waals surface area contributed by atoms with Gasteiger partial charge in [-0.1, -0.05) is 15.9 Å². The van der Waals surface area contributed by atoms with Crippen LogP contribution in [0.2, 0.25) is 0 Å². The largest absolute Gasteiger partial charge is 0.465 e. The molecule has 3 rings (SSSR count). The van der Waals surface area contributed by atoms with Gasteiger partial charge in [-0.25, -0.2) is 9.78 Å². The lowest BCUT2D eigenvalue weighted by Crippen LogP contribution is -2.15. The molecule has 0 saturated carbocycles. The van der Waals surface area contributed by atoms with Gasteiger partial charge < -0.3 is 14.1 Å². The van der Waals surface area contributed by atoms with Gasteiger partial charge in [0.1, 0.15) is 29.5 Å². The molecule has 0 bridgehead atoms. The van der Waals surface area contributed by atoms with E-state index in [1.54, 1.807) is 32.9 Å². The lowest BCUT2D eigenvalue weighted by molar-refractivity contribution is 0.0459. The molecule has 3 aromatic rings. The Labute approximate surface area is 159 Å². The summed E-state index contributed by atoms with van der Waals surface area (Å²) < 4.78 is 12.2. The van der Waals surface area contributed by atoms with Crippen LogP contribution in [0.25, 0.3) is 10.9 Å². The number of nitrogens with one attached hydrogen (secondary N) is 1. The molecular formula is C17H14Br2N2O4. The highest BCUT2D eigenvalue weighted by Crippen LogP contribution is 2.25. The third kappa shape index (κ3) is 3.41. The van der Waals surface area contributed by atoms with Crippen molar-refractivity contribution in [3.05, 3.63) is 59.9 Å². The summed E-state index contributed by atoms with van der Waals surface area (Å²) in [4.78, 5) is 31.6. The zero-order valence-electron chi connectivity index (χ0n) is 13.7. The summed E-state index contributed by atoms with van der Waals surface area (Å²) in [6.07, 6.45) is 0. The summed E-state index contributed by atoms with van der Waals surface area (Å²) >= 11 is 6.73. The number of H-pyrrole nitrogens is 1. The van der Waals surface area contributed by atoms with Crippen molar-refractivity contribution in [3.8, 4) is 0 Å². The highest BCUT2D eigenvalue weighted by Gasteiger charge is 2.20. The van der Waals surface area contributed by atoms with E-state index in [-0.39, 0.29) is 18.0 Å². The summed E-state index contributed by atoms with van der Waals surface area (Å²) in [6.45, 7) is 5.15. The number of aromatic nitrogens is 2. The molecule has 1 aromatic carbocycles. The molecule has 1 N–H and O–H groups in total. The lowest BCUT2D eigenvalue weighted by Gasteiger charge is -2.07. The Hall–Kier alpha value is -1.93. The molecule has 0 unspecified atom stereocenters. The van der Waals surface area contributed by atoms with Gasteiger partial charge >= 0.3 is 5.97 Å². The zero-order valence-corrected chi connectivity index (χ0v) is 16.9. The number of ether oxygens (including phenoxy) is 1. The highest BCUT2D eigenvalue weighted by atomic mass is 79.9. The summed E-state index contributed by atoms with van der Waals surface area (Å²) in [5.74, 6) is 0.942. The number of aromatic amines is 1. The van der Waals surface area contributed by atoms with Crippen LogP contribution in [0.5, 0.6) is 0 Å². The number of nitrogens with zero attached hydrogens (tertiary/aromatic N) is 1. The van der Waals surface area contributed by atoms with Gasteiger partial charge in [0, 0.05) is 14.5 Å². The van der Waals surface area contributed by atoms with Crippen molar-refractivity contribution >= 4 is 48.7 Å². The van der Waals surface area contributed by atoms with E-state index < -0.39 is 5.97 Å². The average Bonchev–Trinajstić information content (AvgIpc) is 2.79. The van der Waals surface area contributed by atoms with E-state index in [1.807, 2.05) is 0 Å². The summed E-state index contributed by atoms with van der Waals surface area (Å²) in [7, 11) is 0. The Balaban J connectivity index is 1.89. The second-order valence-corrected chi connectivity index (χ2v) is 7.36. The van der Waals surface area contributed by atoms with Gasteiger partial charge in [0.15, 0.2) is 0 Å². The molecule has 6 nitrogen and oxygen atoms in total. The zero-order chi connectivity index (χ0) is 18.3. The van der Waals surface area contributed by atoms with Gasteiger partial charge in [-0.05, 0) is 48.8 Å². The molecular weight excluding hydrogens is 456 g/mol. The van der Waals surface area contributed by atoms with E-state index in [4.69, 9.17) is 9.15 Å². The number of hydrogen-bond donors (Lipinski definition) is 1. The number of aryl methyl sites for hydroxylation is 2. The Bertz CT molecular complexity index is 1050. The van der Waals surface area contributed by atoms with Crippen molar-refractivity contribution in [2.75, 3.05) is 0 Å². The second-order valence-electron chi connectivity index (χ2n) is 5.59. The molecule has 0 spiro atoms. The molecule has 8 heteroatoms. The van der Waals surface area contributed by atoms with E-state index in [9.17, 15) is 9.59 Å². The molecule has 0 aliphatic heterocycles. The summed E-state index contributed by atoms with van der Waals surface area (Å²) in [6, 6.07) is 3.48. The van der Waals surface area contributed by atoms with Crippen LogP contribution in [-0.4, -0.2) is 15.9 Å². The normalized spacial score (nSPS) is 11.1. The van der Waals surface area contributed by atoms with Crippen LogP contribution in [0.3, 0.4) is 0 Å². The average molecular weight is 470 g/mol. The van der Waals surface area contributed by atoms with Crippen molar-refractivity contribution < 1.29 is 13.9 Å². The molecule has 25 heavy (non-hydrogen) atoms. The molecule has 0 fully saturated rings. The maximum absolute atomic E-state index is 12.3. The summed E-state index contributed by atoms with van der Waals surface area (Å²) in [5.41, 5.74) is 1.36. The van der Waals surface area contributed by atoms with Crippen molar-refractivity contribution in [1.29, 1.82) is 0 Å². The van der Waals surface area contributed by atoms with E-state index in [0.29, 0.717) is 32.5 Å². The van der Waals surface area contributed by atoms with Crippen LogP contribution < -0.4 is 5.56 Å². The van der Waals surface area contributed by atoms with E-state index in [2.05, 4.69) is 41.8 Å². The van der Waals surface area contributed by atoms with Crippen LogP contribution in [0.4, 0.5) is 0 Å². The number of furan rings is 1. The third-order valence-corrected chi connectivity index (χ3v) is 4.95. The van der Waals surface area contributed by atoms with Crippen LogP contribution >= 0.6 is 31.9 Å². The van der Waals surface area contributed by atoms with Crippen molar-refractivity contribution in [3.63, 3.8) is 0 Å². The van der Waals surface area contributed by atoms with Gasteiger partial charge in [0.2, 0.25) is 0 Å². The first-order chi connectivity index (χ1) is 11.8. The molecule has 130 valence electrons. The second kappa shape index (κ2) is 6.76. The van der Waals surface area contributed by atoms with Gasteiger partial charge in [0.25, 0.3) is 5.56 Å². The monoisotopic (exact) mass is 468 g/mol. The Morgan fingerprint density at radius 3 is 2.60 bits per heavy atom. The number of hydrogen-bond acceptors (Lipinski definition) is 5. The van der Waals surface area contributed by atoms with Gasteiger partial charge in [-0.3, -0.25) is 4.79 Å². The van der Waals surface area contributed by atoms with Gasteiger partial charge in [0.05, 0.1) is 10.9 Å². The van der Waals surface area contributed by atoms with Crippen molar-refractivity contribution in [2.45, 2.75) is 27.4 Å². The molecule has 2 aromatic heterocycles. The lowest BCUT2D eigenvalue weighted by atomic mass is 10.1. The quantitative estimate of drug-likeness (QED) is 0.577. The fraction of sp³-hybridized carbons (Fsp3) is 0.235. The summed E-state index contributed by atoms with van der Waals surface area (Å²) in [5, 5.41) is 0.438. The first kappa shape index (κ1) is 17.9. The predicted molar refractivity (Wildman–Crippen MR) is 99.8 cm³/mol. The molecule has 2 heterocycles. The molecule has 0 radical (unpaired) electrons. The maximum atomic E-state index is 12.3.